The number of fused-ring (bicyclic) bond motifs is 1. The zero-order valence-corrected chi connectivity index (χ0v) is 13.8. The van der Waals surface area contributed by atoms with Crippen molar-refractivity contribution in [3.05, 3.63) is 96.3 Å². The van der Waals surface area contributed by atoms with Gasteiger partial charge in [-0.3, -0.25) is 4.57 Å². The van der Waals surface area contributed by atoms with Gasteiger partial charge >= 0.3 is 5.97 Å². The first kappa shape index (κ1) is 16.0. The van der Waals surface area contributed by atoms with E-state index in [0.717, 1.165) is 16.3 Å². The molecule has 0 aliphatic carbocycles. The molecule has 0 saturated heterocycles. The molecule has 0 spiro atoms. The van der Waals surface area contributed by atoms with Crippen molar-refractivity contribution >= 4 is 16.7 Å². The highest BCUT2D eigenvalue weighted by Crippen LogP contribution is 2.20. The highest BCUT2D eigenvalue weighted by molar-refractivity contribution is 5.89. The van der Waals surface area contributed by atoms with Crippen LogP contribution < -0.4 is 0 Å². The smallest absolute Gasteiger partial charge is 0.357 e. The maximum absolute atomic E-state index is 13.1. The maximum Gasteiger partial charge on any atom is 0.357 e. The minimum absolute atomic E-state index is 0.161. The second-order valence-corrected chi connectivity index (χ2v) is 5.84. The van der Waals surface area contributed by atoms with Crippen LogP contribution in [0.2, 0.25) is 0 Å². The average Bonchev–Trinajstić information content (AvgIpc) is 3.16. The van der Waals surface area contributed by atoms with Gasteiger partial charge in [-0.05, 0) is 40.6 Å². The van der Waals surface area contributed by atoms with Gasteiger partial charge in [-0.2, -0.15) is 0 Å². The van der Waals surface area contributed by atoms with Gasteiger partial charge in [0.1, 0.15) is 12.4 Å². The third kappa shape index (κ3) is 3.07. The van der Waals surface area contributed by atoms with Gasteiger partial charge in [0.15, 0.2) is 5.69 Å². The monoisotopic (exact) mass is 346 g/mol. The van der Waals surface area contributed by atoms with Crippen LogP contribution in [0.25, 0.3) is 16.5 Å². The summed E-state index contributed by atoms with van der Waals surface area (Å²) < 4.78 is 20.2. The SMILES string of the molecule is O=C(OCc1cccc2ccccc12)c1cncn1-c1ccc(F)cc1. The molecule has 4 aromatic rings. The number of hydrogen-bond donors (Lipinski definition) is 0. The molecule has 128 valence electrons. The first-order valence-corrected chi connectivity index (χ1v) is 8.14. The van der Waals surface area contributed by atoms with Crippen LogP contribution in [-0.2, 0) is 11.3 Å². The molecule has 0 saturated carbocycles. The number of nitrogens with zero attached hydrogens (tertiary/aromatic N) is 2. The van der Waals surface area contributed by atoms with E-state index in [4.69, 9.17) is 4.74 Å². The molecule has 1 heterocycles. The molecule has 0 bridgehead atoms. The van der Waals surface area contributed by atoms with E-state index in [1.165, 1.54) is 24.7 Å². The van der Waals surface area contributed by atoms with Gasteiger partial charge in [-0.1, -0.05) is 42.5 Å². The number of esters is 1. The lowest BCUT2D eigenvalue weighted by Gasteiger charge is -2.10. The average molecular weight is 346 g/mol. The summed E-state index contributed by atoms with van der Waals surface area (Å²) in [7, 11) is 0. The fourth-order valence-electron chi connectivity index (χ4n) is 2.89. The Balaban J connectivity index is 1.56. The summed E-state index contributed by atoms with van der Waals surface area (Å²) in [5.41, 5.74) is 1.86. The molecule has 4 nitrogen and oxygen atoms in total. The molecule has 0 atom stereocenters. The second-order valence-electron chi connectivity index (χ2n) is 5.84. The predicted octanol–water partition coefficient (Wildman–Crippen LogP) is 4.52. The van der Waals surface area contributed by atoms with Crippen LogP contribution in [0.15, 0.2) is 79.3 Å². The largest absolute Gasteiger partial charge is 0.456 e. The predicted molar refractivity (Wildman–Crippen MR) is 96.6 cm³/mol. The molecule has 0 aliphatic heterocycles. The lowest BCUT2D eigenvalue weighted by Crippen LogP contribution is -2.11. The molecule has 5 heteroatoms. The zero-order valence-electron chi connectivity index (χ0n) is 13.8. The Bertz CT molecular complexity index is 1070. The quantitative estimate of drug-likeness (QED) is 0.510. The Labute approximate surface area is 149 Å². The Morgan fingerprint density at radius 3 is 2.62 bits per heavy atom. The second kappa shape index (κ2) is 6.80. The number of hydrogen-bond acceptors (Lipinski definition) is 3. The van der Waals surface area contributed by atoms with Crippen LogP contribution in [-0.4, -0.2) is 15.5 Å². The summed E-state index contributed by atoms with van der Waals surface area (Å²) in [4.78, 5) is 16.5. The van der Waals surface area contributed by atoms with Gasteiger partial charge in [0.2, 0.25) is 0 Å². The van der Waals surface area contributed by atoms with Crippen molar-refractivity contribution in [1.82, 2.24) is 9.55 Å². The van der Waals surface area contributed by atoms with E-state index in [-0.39, 0.29) is 18.1 Å². The highest BCUT2D eigenvalue weighted by atomic mass is 19.1. The van der Waals surface area contributed by atoms with Crippen molar-refractivity contribution in [3.63, 3.8) is 0 Å². The molecule has 0 fully saturated rings. The molecule has 0 aliphatic rings. The standard InChI is InChI=1S/C21H15FN2O2/c22-17-8-10-18(11-9-17)24-14-23-12-20(24)21(25)26-13-16-6-3-5-15-4-1-2-7-19(15)16/h1-12,14H,13H2. The molecular formula is C21H15FN2O2. The molecule has 0 N–H and O–H groups in total. The fourth-order valence-corrected chi connectivity index (χ4v) is 2.89. The van der Waals surface area contributed by atoms with Crippen LogP contribution in [0.5, 0.6) is 0 Å². The number of halogens is 1. The summed E-state index contributed by atoms with van der Waals surface area (Å²) in [5.74, 6) is -0.825. The number of ether oxygens (including phenoxy) is 1. The van der Waals surface area contributed by atoms with Crippen molar-refractivity contribution in [2.75, 3.05) is 0 Å². The lowest BCUT2D eigenvalue weighted by molar-refractivity contribution is 0.0465. The number of aromatic nitrogens is 2. The Morgan fingerprint density at radius 1 is 1.00 bits per heavy atom. The first-order valence-electron chi connectivity index (χ1n) is 8.14. The van der Waals surface area contributed by atoms with E-state index >= 15 is 0 Å². The Morgan fingerprint density at radius 2 is 1.77 bits per heavy atom. The van der Waals surface area contributed by atoms with Gasteiger partial charge < -0.3 is 4.74 Å². The number of imidazole rings is 1. The minimum Gasteiger partial charge on any atom is -0.456 e. The van der Waals surface area contributed by atoms with E-state index in [2.05, 4.69) is 4.98 Å². The van der Waals surface area contributed by atoms with Gasteiger partial charge in [-0.25, -0.2) is 14.2 Å². The molecule has 1 aromatic heterocycles. The Kier molecular flexibility index (Phi) is 4.19. The van der Waals surface area contributed by atoms with Crippen LogP contribution in [0.3, 0.4) is 0 Å². The molecule has 0 amide bonds. The molecule has 0 unspecified atom stereocenters. The van der Waals surface area contributed by atoms with Crippen LogP contribution >= 0.6 is 0 Å². The van der Waals surface area contributed by atoms with E-state index in [1.54, 1.807) is 16.7 Å². The minimum atomic E-state index is -0.486. The van der Waals surface area contributed by atoms with Crippen molar-refractivity contribution in [2.45, 2.75) is 6.61 Å². The normalized spacial score (nSPS) is 10.8. The fraction of sp³-hybridized carbons (Fsp3) is 0.0476. The third-order valence-electron chi connectivity index (χ3n) is 4.19. The van der Waals surface area contributed by atoms with Crippen molar-refractivity contribution in [3.8, 4) is 5.69 Å². The molecule has 3 aromatic carbocycles. The molecule has 4 rings (SSSR count). The van der Waals surface area contributed by atoms with Crippen molar-refractivity contribution in [1.29, 1.82) is 0 Å². The maximum atomic E-state index is 13.1. The number of carbonyl (C=O) groups excluding carboxylic acids is 1. The first-order chi connectivity index (χ1) is 12.7. The van der Waals surface area contributed by atoms with Crippen LogP contribution in [0.4, 0.5) is 4.39 Å². The van der Waals surface area contributed by atoms with Crippen molar-refractivity contribution in [2.24, 2.45) is 0 Å². The van der Waals surface area contributed by atoms with Gasteiger partial charge in [0.05, 0.1) is 12.5 Å². The number of carbonyl (C=O) groups is 1. The molecule has 0 radical (unpaired) electrons. The van der Waals surface area contributed by atoms with Gasteiger partial charge in [0, 0.05) is 5.69 Å². The summed E-state index contributed by atoms with van der Waals surface area (Å²) >= 11 is 0. The number of benzene rings is 3. The van der Waals surface area contributed by atoms with Crippen LogP contribution in [0, 0.1) is 5.82 Å². The number of rotatable bonds is 4. The van der Waals surface area contributed by atoms with E-state index in [0.29, 0.717) is 5.69 Å². The summed E-state index contributed by atoms with van der Waals surface area (Å²) in [6.07, 6.45) is 2.94. The summed E-state index contributed by atoms with van der Waals surface area (Å²) in [5, 5.41) is 2.15. The van der Waals surface area contributed by atoms with Gasteiger partial charge in [-0.15, -0.1) is 0 Å². The van der Waals surface area contributed by atoms with Crippen LogP contribution in [0.1, 0.15) is 16.1 Å². The summed E-state index contributed by atoms with van der Waals surface area (Å²) in [6.45, 7) is 0.161. The van der Waals surface area contributed by atoms with Crippen molar-refractivity contribution < 1.29 is 13.9 Å². The Hall–Kier alpha value is -3.47. The third-order valence-corrected chi connectivity index (χ3v) is 4.19. The van der Waals surface area contributed by atoms with E-state index in [1.807, 2.05) is 42.5 Å². The van der Waals surface area contributed by atoms with E-state index < -0.39 is 5.97 Å². The zero-order chi connectivity index (χ0) is 17.9. The highest BCUT2D eigenvalue weighted by Gasteiger charge is 2.15. The van der Waals surface area contributed by atoms with E-state index in [9.17, 15) is 9.18 Å². The lowest BCUT2D eigenvalue weighted by atomic mass is 10.1. The molecular weight excluding hydrogens is 331 g/mol. The molecule has 26 heavy (non-hydrogen) atoms. The van der Waals surface area contributed by atoms with Gasteiger partial charge in [0.25, 0.3) is 0 Å². The topological polar surface area (TPSA) is 44.1 Å². The summed E-state index contributed by atoms with van der Waals surface area (Å²) in [6, 6.07) is 19.7.